The molecule has 0 heterocycles. The zero-order valence-electron chi connectivity index (χ0n) is 10.2. The first-order valence-corrected chi connectivity index (χ1v) is 7.09. The third-order valence-electron chi connectivity index (χ3n) is 3.82. The van der Waals surface area contributed by atoms with Crippen molar-refractivity contribution in [3.8, 4) is 0 Å². The maximum absolute atomic E-state index is 10.5. The standard InChI is InChI=1S/C15H21ClO/c16-14-11-7-6-10-13(14)15(17)12-8-4-2-1-3-5-9-12/h6-7,10-12,15,17H,1-5,8-9H2. The van der Waals surface area contributed by atoms with Crippen molar-refractivity contribution in [3.05, 3.63) is 34.9 Å². The van der Waals surface area contributed by atoms with E-state index < -0.39 is 0 Å². The van der Waals surface area contributed by atoms with Crippen molar-refractivity contribution in [2.24, 2.45) is 5.92 Å². The van der Waals surface area contributed by atoms with Crippen LogP contribution in [0.1, 0.15) is 56.6 Å². The Kier molecular flexibility index (Phi) is 4.87. The maximum atomic E-state index is 10.5. The van der Waals surface area contributed by atoms with Crippen LogP contribution in [-0.2, 0) is 0 Å². The molecule has 1 aliphatic carbocycles. The Balaban J connectivity index is 2.07. The van der Waals surface area contributed by atoms with Crippen molar-refractivity contribution < 1.29 is 5.11 Å². The molecule has 1 aromatic rings. The molecule has 1 unspecified atom stereocenters. The van der Waals surface area contributed by atoms with Gasteiger partial charge in [0, 0.05) is 5.02 Å². The average molecular weight is 253 g/mol. The second-order valence-electron chi connectivity index (χ2n) is 5.07. The summed E-state index contributed by atoms with van der Waals surface area (Å²) in [5.74, 6) is 0.384. The molecule has 0 aliphatic heterocycles. The van der Waals surface area contributed by atoms with E-state index in [1.54, 1.807) is 0 Å². The number of benzene rings is 1. The van der Waals surface area contributed by atoms with Gasteiger partial charge in [0.05, 0.1) is 6.10 Å². The largest absolute Gasteiger partial charge is 0.388 e. The van der Waals surface area contributed by atoms with Crippen molar-refractivity contribution in [1.82, 2.24) is 0 Å². The Morgan fingerprint density at radius 2 is 1.59 bits per heavy atom. The van der Waals surface area contributed by atoms with E-state index in [9.17, 15) is 5.11 Å². The van der Waals surface area contributed by atoms with E-state index in [0.717, 1.165) is 18.4 Å². The van der Waals surface area contributed by atoms with E-state index >= 15 is 0 Å². The number of hydrogen-bond donors (Lipinski definition) is 1. The molecule has 0 amide bonds. The molecular formula is C15H21ClO. The molecule has 1 aromatic carbocycles. The Labute approximate surface area is 109 Å². The summed E-state index contributed by atoms with van der Waals surface area (Å²) >= 11 is 6.15. The lowest BCUT2D eigenvalue weighted by Gasteiger charge is -2.25. The highest BCUT2D eigenvalue weighted by atomic mass is 35.5. The van der Waals surface area contributed by atoms with E-state index in [4.69, 9.17) is 11.6 Å². The highest BCUT2D eigenvalue weighted by Crippen LogP contribution is 2.35. The van der Waals surface area contributed by atoms with Gasteiger partial charge in [0.15, 0.2) is 0 Å². The van der Waals surface area contributed by atoms with Gasteiger partial charge in [-0.25, -0.2) is 0 Å². The van der Waals surface area contributed by atoms with Gasteiger partial charge in [-0.05, 0) is 30.4 Å². The third kappa shape index (κ3) is 3.46. The summed E-state index contributed by atoms with van der Waals surface area (Å²) in [5, 5.41) is 11.2. The number of hydrogen-bond acceptors (Lipinski definition) is 1. The molecule has 1 N–H and O–H groups in total. The molecular weight excluding hydrogens is 232 g/mol. The van der Waals surface area contributed by atoms with Gasteiger partial charge in [0.2, 0.25) is 0 Å². The Bertz CT molecular complexity index is 343. The topological polar surface area (TPSA) is 20.2 Å². The molecule has 2 rings (SSSR count). The first-order chi connectivity index (χ1) is 8.29. The zero-order chi connectivity index (χ0) is 12.1. The number of aliphatic hydroxyl groups excluding tert-OH is 1. The van der Waals surface area contributed by atoms with E-state index in [0.29, 0.717) is 10.9 Å². The van der Waals surface area contributed by atoms with Crippen LogP contribution in [0.15, 0.2) is 24.3 Å². The van der Waals surface area contributed by atoms with Crippen LogP contribution in [0.3, 0.4) is 0 Å². The summed E-state index contributed by atoms with van der Waals surface area (Å²) in [4.78, 5) is 0. The molecule has 0 bridgehead atoms. The quantitative estimate of drug-likeness (QED) is 0.807. The van der Waals surface area contributed by atoms with Crippen molar-refractivity contribution in [2.45, 2.75) is 51.0 Å². The fraction of sp³-hybridized carbons (Fsp3) is 0.600. The minimum absolute atomic E-state index is 0.384. The fourth-order valence-electron chi connectivity index (χ4n) is 2.77. The zero-order valence-corrected chi connectivity index (χ0v) is 11.0. The lowest BCUT2D eigenvalue weighted by Crippen LogP contribution is -2.14. The summed E-state index contributed by atoms with van der Waals surface area (Å²) in [6.45, 7) is 0. The van der Waals surface area contributed by atoms with Crippen molar-refractivity contribution in [2.75, 3.05) is 0 Å². The summed E-state index contributed by atoms with van der Waals surface area (Å²) in [5.41, 5.74) is 0.903. The molecule has 94 valence electrons. The second-order valence-corrected chi connectivity index (χ2v) is 5.48. The fourth-order valence-corrected chi connectivity index (χ4v) is 3.02. The first-order valence-electron chi connectivity index (χ1n) is 6.71. The van der Waals surface area contributed by atoms with Gasteiger partial charge in [0.25, 0.3) is 0 Å². The third-order valence-corrected chi connectivity index (χ3v) is 4.16. The van der Waals surface area contributed by atoms with Gasteiger partial charge in [-0.3, -0.25) is 0 Å². The molecule has 0 saturated heterocycles. The van der Waals surface area contributed by atoms with Crippen molar-refractivity contribution >= 4 is 11.6 Å². The van der Waals surface area contributed by atoms with Gasteiger partial charge in [-0.1, -0.05) is 61.9 Å². The van der Waals surface area contributed by atoms with E-state index in [-0.39, 0.29) is 6.10 Å². The molecule has 1 fully saturated rings. The maximum Gasteiger partial charge on any atom is 0.0832 e. The summed E-state index contributed by atoms with van der Waals surface area (Å²) in [6.07, 6.45) is 8.34. The molecule has 0 aromatic heterocycles. The van der Waals surface area contributed by atoms with Crippen molar-refractivity contribution in [1.29, 1.82) is 0 Å². The van der Waals surface area contributed by atoms with E-state index in [2.05, 4.69) is 0 Å². The molecule has 17 heavy (non-hydrogen) atoms. The molecule has 1 saturated carbocycles. The molecule has 2 heteroatoms. The predicted molar refractivity (Wildman–Crippen MR) is 72.2 cm³/mol. The van der Waals surface area contributed by atoms with Gasteiger partial charge >= 0.3 is 0 Å². The Morgan fingerprint density at radius 1 is 1.00 bits per heavy atom. The second kappa shape index (κ2) is 6.42. The van der Waals surface area contributed by atoms with Gasteiger partial charge in [-0.15, -0.1) is 0 Å². The smallest absolute Gasteiger partial charge is 0.0832 e. The van der Waals surface area contributed by atoms with Gasteiger partial charge in [0.1, 0.15) is 0 Å². The lowest BCUT2D eigenvalue weighted by molar-refractivity contribution is 0.0913. The molecule has 1 atom stereocenters. The summed E-state index contributed by atoms with van der Waals surface area (Å²) in [7, 11) is 0. The average Bonchev–Trinajstić information content (AvgIpc) is 2.28. The molecule has 0 radical (unpaired) electrons. The predicted octanol–water partition coefficient (Wildman–Crippen LogP) is 4.73. The van der Waals surface area contributed by atoms with Crippen LogP contribution in [0.2, 0.25) is 5.02 Å². The molecule has 1 aliphatic rings. The van der Waals surface area contributed by atoms with Gasteiger partial charge < -0.3 is 5.11 Å². The summed E-state index contributed by atoms with van der Waals surface area (Å²) < 4.78 is 0. The van der Waals surface area contributed by atoms with Crippen LogP contribution in [0, 0.1) is 5.92 Å². The molecule has 0 spiro atoms. The van der Waals surface area contributed by atoms with Crippen LogP contribution in [0.25, 0.3) is 0 Å². The van der Waals surface area contributed by atoms with Crippen LogP contribution < -0.4 is 0 Å². The van der Waals surface area contributed by atoms with Crippen LogP contribution >= 0.6 is 11.6 Å². The molecule has 1 nitrogen and oxygen atoms in total. The normalized spacial score (nSPS) is 20.6. The summed E-state index contributed by atoms with van der Waals surface area (Å²) in [6, 6.07) is 7.68. The van der Waals surface area contributed by atoms with Crippen LogP contribution in [-0.4, -0.2) is 5.11 Å². The van der Waals surface area contributed by atoms with Gasteiger partial charge in [-0.2, -0.15) is 0 Å². The highest BCUT2D eigenvalue weighted by molar-refractivity contribution is 6.31. The monoisotopic (exact) mass is 252 g/mol. The number of aliphatic hydroxyl groups is 1. The lowest BCUT2D eigenvalue weighted by atomic mass is 9.84. The highest BCUT2D eigenvalue weighted by Gasteiger charge is 2.22. The Morgan fingerprint density at radius 3 is 2.24 bits per heavy atom. The SMILES string of the molecule is OC(c1ccccc1Cl)C1CCCCCCC1. The Hall–Kier alpha value is -0.530. The van der Waals surface area contributed by atoms with Crippen LogP contribution in [0.5, 0.6) is 0 Å². The first kappa shape index (κ1) is 12.9. The minimum Gasteiger partial charge on any atom is -0.388 e. The van der Waals surface area contributed by atoms with E-state index in [1.807, 2.05) is 24.3 Å². The minimum atomic E-state index is -0.387. The van der Waals surface area contributed by atoms with Crippen molar-refractivity contribution in [3.63, 3.8) is 0 Å². The van der Waals surface area contributed by atoms with E-state index in [1.165, 1.54) is 32.1 Å². The number of rotatable bonds is 2. The van der Waals surface area contributed by atoms with Crippen LogP contribution in [0.4, 0.5) is 0 Å². The number of halogens is 1.